The van der Waals surface area contributed by atoms with Crippen LogP contribution in [-0.4, -0.2) is 30.3 Å². The third-order valence-electron chi connectivity index (χ3n) is 1.86. The maximum absolute atomic E-state index is 11.6. The number of hydrogen-bond acceptors (Lipinski definition) is 4. The first-order valence-electron chi connectivity index (χ1n) is 4.44. The Hall–Kier alpha value is -0.610. The molecule has 4 nitrogen and oxygen atoms in total. The highest BCUT2D eigenvalue weighted by molar-refractivity contribution is 5.81. The largest absolute Gasteiger partial charge is 0.459 e. The van der Waals surface area contributed by atoms with Gasteiger partial charge in [-0.2, -0.15) is 0 Å². The van der Waals surface area contributed by atoms with E-state index in [1.807, 2.05) is 20.8 Å². The Morgan fingerprint density at radius 3 is 2.54 bits per heavy atom. The van der Waals surface area contributed by atoms with E-state index >= 15 is 0 Å². The van der Waals surface area contributed by atoms with E-state index in [2.05, 4.69) is 0 Å². The highest BCUT2D eigenvalue weighted by atomic mass is 16.6. The van der Waals surface area contributed by atoms with Gasteiger partial charge in [0, 0.05) is 13.0 Å². The summed E-state index contributed by atoms with van der Waals surface area (Å²) in [6.45, 7) is 6.27. The topological polar surface area (TPSA) is 61.5 Å². The van der Waals surface area contributed by atoms with Crippen LogP contribution in [0.4, 0.5) is 0 Å². The lowest BCUT2D eigenvalue weighted by Crippen LogP contribution is -2.51. The van der Waals surface area contributed by atoms with Crippen molar-refractivity contribution in [3.63, 3.8) is 0 Å². The van der Waals surface area contributed by atoms with Crippen LogP contribution in [0.1, 0.15) is 27.2 Å². The number of rotatable bonds is 1. The predicted octanol–water partition coefficient (Wildman–Crippen LogP) is 0.446. The third kappa shape index (κ3) is 2.67. The molecule has 0 amide bonds. The van der Waals surface area contributed by atoms with Crippen molar-refractivity contribution in [1.29, 1.82) is 0 Å². The van der Waals surface area contributed by atoms with Gasteiger partial charge in [-0.05, 0) is 20.8 Å². The molecule has 0 saturated carbocycles. The van der Waals surface area contributed by atoms with Crippen LogP contribution in [0.25, 0.3) is 0 Å². The molecule has 0 aromatic carbocycles. The fraction of sp³-hybridized carbons (Fsp3) is 0.889. The molecule has 1 aliphatic rings. The van der Waals surface area contributed by atoms with Crippen LogP contribution in [0.3, 0.4) is 0 Å². The molecule has 1 rings (SSSR count). The van der Waals surface area contributed by atoms with Crippen LogP contribution in [0.2, 0.25) is 0 Å². The van der Waals surface area contributed by atoms with E-state index in [4.69, 9.17) is 15.2 Å². The summed E-state index contributed by atoms with van der Waals surface area (Å²) in [5.74, 6) is -0.363. The zero-order valence-corrected chi connectivity index (χ0v) is 8.42. The van der Waals surface area contributed by atoms with Gasteiger partial charge in [0.05, 0.1) is 6.61 Å². The molecule has 1 heterocycles. The molecule has 1 fully saturated rings. The zero-order valence-electron chi connectivity index (χ0n) is 8.42. The van der Waals surface area contributed by atoms with Gasteiger partial charge in [0.25, 0.3) is 0 Å². The van der Waals surface area contributed by atoms with E-state index in [-0.39, 0.29) is 12.6 Å². The normalized spacial score (nSPS) is 28.9. The second-order valence-electron chi connectivity index (χ2n) is 4.46. The summed E-state index contributed by atoms with van der Waals surface area (Å²) in [4.78, 5) is 11.6. The molecule has 0 bridgehead atoms. The quantitative estimate of drug-likeness (QED) is 0.605. The first kappa shape index (κ1) is 10.5. The standard InChI is InChI=1S/C9H17NO3/c1-8(2,3)13-7(11)9(10)4-5-12-6-9/h4-6,10H2,1-3H3. The van der Waals surface area contributed by atoms with Crippen LogP contribution in [0, 0.1) is 0 Å². The first-order valence-corrected chi connectivity index (χ1v) is 4.44. The minimum Gasteiger partial charge on any atom is -0.459 e. The molecule has 4 heteroatoms. The maximum Gasteiger partial charge on any atom is 0.329 e. The van der Waals surface area contributed by atoms with Gasteiger partial charge in [0.1, 0.15) is 11.1 Å². The molecule has 2 N–H and O–H groups in total. The molecule has 76 valence electrons. The Morgan fingerprint density at radius 1 is 1.54 bits per heavy atom. The van der Waals surface area contributed by atoms with Gasteiger partial charge in [-0.3, -0.25) is 0 Å². The monoisotopic (exact) mass is 187 g/mol. The molecule has 0 spiro atoms. The Kier molecular flexibility index (Phi) is 2.63. The molecule has 1 atom stereocenters. The van der Waals surface area contributed by atoms with Gasteiger partial charge >= 0.3 is 5.97 Å². The molecule has 0 radical (unpaired) electrons. The minimum atomic E-state index is -0.923. The average molecular weight is 187 g/mol. The van der Waals surface area contributed by atoms with Gasteiger partial charge in [0.15, 0.2) is 0 Å². The van der Waals surface area contributed by atoms with Gasteiger partial charge in [0.2, 0.25) is 0 Å². The molecule has 13 heavy (non-hydrogen) atoms. The van der Waals surface area contributed by atoms with Gasteiger partial charge < -0.3 is 15.2 Å². The van der Waals surface area contributed by atoms with E-state index < -0.39 is 11.1 Å². The molecule has 1 saturated heterocycles. The summed E-state index contributed by atoms with van der Waals surface area (Å²) >= 11 is 0. The van der Waals surface area contributed by atoms with Crippen molar-refractivity contribution in [1.82, 2.24) is 0 Å². The summed E-state index contributed by atoms with van der Waals surface area (Å²) in [5, 5.41) is 0. The van der Waals surface area contributed by atoms with Crippen molar-refractivity contribution in [2.24, 2.45) is 5.73 Å². The minimum absolute atomic E-state index is 0.266. The Morgan fingerprint density at radius 2 is 2.15 bits per heavy atom. The second-order valence-corrected chi connectivity index (χ2v) is 4.46. The fourth-order valence-electron chi connectivity index (χ4n) is 1.12. The van der Waals surface area contributed by atoms with E-state index in [1.165, 1.54) is 0 Å². The van der Waals surface area contributed by atoms with E-state index in [0.717, 1.165) is 0 Å². The van der Waals surface area contributed by atoms with Crippen molar-refractivity contribution in [3.05, 3.63) is 0 Å². The summed E-state index contributed by atoms with van der Waals surface area (Å²) in [7, 11) is 0. The maximum atomic E-state index is 11.6. The van der Waals surface area contributed by atoms with Crippen LogP contribution in [0.5, 0.6) is 0 Å². The van der Waals surface area contributed by atoms with E-state index in [1.54, 1.807) is 0 Å². The van der Waals surface area contributed by atoms with Crippen LogP contribution in [0.15, 0.2) is 0 Å². The fourth-order valence-corrected chi connectivity index (χ4v) is 1.12. The highest BCUT2D eigenvalue weighted by Crippen LogP contribution is 2.20. The van der Waals surface area contributed by atoms with Crippen LogP contribution < -0.4 is 5.73 Å². The summed E-state index contributed by atoms with van der Waals surface area (Å²) in [5.41, 5.74) is 4.41. The summed E-state index contributed by atoms with van der Waals surface area (Å²) < 4.78 is 10.3. The number of esters is 1. The van der Waals surface area contributed by atoms with Gasteiger partial charge in [-0.15, -0.1) is 0 Å². The zero-order chi connectivity index (χ0) is 10.1. The van der Waals surface area contributed by atoms with Crippen molar-refractivity contribution in [2.45, 2.75) is 38.3 Å². The number of nitrogens with two attached hydrogens (primary N) is 1. The molecular weight excluding hydrogens is 170 g/mol. The number of hydrogen-bond donors (Lipinski definition) is 1. The molecule has 0 aromatic heterocycles. The molecule has 0 aliphatic carbocycles. The third-order valence-corrected chi connectivity index (χ3v) is 1.86. The smallest absolute Gasteiger partial charge is 0.329 e. The lowest BCUT2D eigenvalue weighted by atomic mass is 10.0. The highest BCUT2D eigenvalue weighted by Gasteiger charge is 2.41. The van der Waals surface area contributed by atoms with Crippen molar-refractivity contribution in [3.8, 4) is 0 Å². The average Bonchev–Trinajstić information content (AvgIpc) is 2.33. The van der Waals surface area contributed by atoms with Gasteiger partial charge in [-0.1, -0.05) is 0 Å². The molecule has 0 aromatic rings. The number of carbonyl (C=O) groups excluding carboxylic acids is 1. The summed E-state index contributed by atoms with van der Waals surface area (Å²) in [6.07, 6.45) is 0.544. The lowest BCUT2D eigenvalue weighted by Gasteiger charge is -2.26. The SMILES string of the molecule is CC(C)(C)OC(=O)C1(N)CCOC1. The summed E-state index contributed by atoms with van der Waals surface area (Å²) in [6, 6.07) is 0. The number of carbonyl (C=O) groups is 1. The Labute approximate surface area is 78.4 Å². The lowest BCUT2D eigenvalue weighted by molar-refractivity contribution is -0.161. The second kappa shape index (κ2) is 3.27. The molecule has 1 aliphatic heterocycles. The van der Waals surface area contributed by atoms with E-state index in [0.29, 0.717) is 13.0 Å². The van der Waals surface area contributed by atoms with Crippen LogP contribution in [-0.2, 0) is 14.3 Å². The predicted molar refractivity (Wildman–Crippen MR) is 48.2 cm³/mol. The number of ether oxygens (including phenoxy) is 2. The van der Waals surface area contributed by atoms with Crippen molar-refractivity contribution < 1.29 is 14.3 Å². The van der Waals surface area contributed by atoms with Crippen LogP contribution >= 0.6 is 0 Å². The van der Waals surface area contributed by atoms with Crippen molar-refractivity contribution >= 4 is 5.97 Å². The molecular formula is C9H17NO3. The Balaban J connectivity index is 2.57. The molecule has 1 unspecified atom stereocenters. The Bertz CT molecular complexity index is 201. The van der Waals surface area contributed by atoms with Crippen molar-refractivity contribution in [2.75, 3.05) is 13.2 Å². The van der Waals surface area contributed by atoms with Gasteiger partial charge in [-0.25, -0.2) is 4.79 Å². The van der Waals surface area contributed by atoms with E-state index in [9.17, 15) is 4.79 Å². The first-order chi connectivity index (χ1) is 5.83.